The number of halogens is 3. The quantitative estimate of drug-likeness (QED) is 0.711. The Hall–Kier alpha value is -0.980. The zero-order valence-corrected chi connectivity index (χ0v) is 7.71. The second-order valence-electron chi connectivity index (χ2n) is 3.19. The van der Waals surface area contributed by atoms with Crippen LogP contribution in [0.25, 0.3) is 0 Å². The van der Waals surface area contributed by atoms with E-state index >= 15 is 0 Å². The largest absolute Gasteiger partial charge is 0.410 e. The summed E-state index contributed by atoms with van der Waals surface area (Å²) < 4.78 is 37.1. The molecule has 1 aliphatic rings. The number of carbonyl (C=O) groups is 1. The maximum absolute atomic E-state index is 12.4. The minimum atomic E-state index is -4.45. The van der Waals surface area contributed by atoms with E-state index in [2.05, 4.69) is 0 Å². The molecular weight excluding hydrogens is 199 g/mol. The lowest BCUT2D eigenvalue weighted by Crippen LogP contribution is -2.51. The van der Waals surface area contributed by atoms with E-state index in [1.807, 2.05) is 0 Å². The van der Waals surface area contributed by atoms with Gasteiger partial charge in [0.2, 0.25) is 0 Å². The van der Waals surface area contributed by atoms with Crippen molar-refractivity contribution in [3.8, 4) is 0 Å². The summed E-state index contributed by atoms with van der Waals surface area (Å²) in [5.41, 5.74) is 5.01. The summed E-state index contributed by atoms with van der Waals surface area (Å²) in [4.78, 5) is 13.3. The molecule has 14 heavy (non-hydrogen) atoms. The van der Waals surface area contributed by atoms with Gasteiger partial charge < -0.3 is 15.5 Å². The topological polar surface area (TPSA) is 49.6 Å². The number of hydrogen-bond acceptors (Lipinski definition) is 2. The summed E-state index contributed by atoms with van der Waals surface area (Å²) in [7, 11) is 1.46. The molecule has 0 bridgehead atoms. The fraction of sp³-hybridized carbons (Fsp3) is 0.857. The van der Waals surface area contributed by atoms with Crippen LogP contribution in [0.3, 0.4) is 0 Å². The monoisotopic (exact) mass is 211 g/mol. The first-order valence-electron chi connectivity index (χ1n) is 4.16. The van der Waals surface area contributed by atoms with Crippen molar-refractivity contribution in [2.75, 3.05) is 26.7 Å². The number of nitrogens with two attached hydrogens (primary N) is 1. The summed E-state index contributed by atoms with van der Waals surface area (Å²) in [6.45, 7) is -0.203. The Bertz CT molecular complexity index is 231. The van der Waals surface area contributed by atoms with Crippen molar-refractivity contribution in [1.29, 1.82) is 0 Å². The zero-order valence-electron chi connectivity index (χ0n) is 7.71. The van der Waals surface area contributed by atoms with E-state index in [-0.39, 0.29) is 6.54 Å². The minimum absolute atomic E-state index is 0.0801. The molecule has 4 nitrogen and oxygen atoms in total. The third-order valence-corrected chi connectivity index (χ3v) is 2.23. The van der Waals surface area contributed by atoms with Gasteiger partial charge in [-0.25, -0.2) is 4.79 Å². The lowest BCUT2D eigenvalue weighted by molar-refractivity contribution is -0.171. The Labute approximate surface area is 79.4 Å². The van der Waals surface area contributed by atoms with Gasteiger partial charge in [0.05, 0.1) is 0 Å². The number of amides is 2. The number of alkyl halides is 3. The van der Waals surface area contributed by atoms with Gasteiger partial charge in [-0.05, 0) is 0 Å². The minimum Gasteiger partial charge on any atom is -0.328 e. The van der Waals surface area contributed by atoms with Crippen molar-refractivity contribution in [3.63, 3.8) is 0 Å². The number of urea groups is 1. The zero-order chi connectivity index (χ0) is 10.9. The van der Waals surface area contributed by atoms with E-state index < -0.39 is 24.8 Å². The molecule has 0 aromatic heterocycles. The van der Waals surface area contributed by atoms with Crippen LogP contribution in [-0.4, -0.2) is 54.7 Å². The van der Waals surface area contributed by atoms with Crippen LogP contribution in [0.15, 0.2) is 0 Å². The number of nitrogens with zero attached hydrogens (tertiary/aromatic N) is 2. The molecule has 2 amide bonds. The van der Waals surface area contributed by atoms with Gasteiger partial charge in [0.15, 0.2) is 0 Å². The molecule has 0 saturated carbocycles. The molecule has 82 valence electrons. The molecule has 0 aromatic rings. The molecule has 0 aromatic carbocycles. The lowest BCUT2D eigenvalue weighted by atomic mass is 10.2. The van der Waals surface area contributed by atoms with Gasteiger partial charge in [0.25, 0.3) is 0 Å². The summed E-state index contributed by atoms with van der Waals surface area (Å²) in [6, 6.07) is -2.47. The van der Waals surface area contributed by atoms with E-state index in [9.17, 15) is 18.0 Å². The fourth-order valence-electron chi connectivity index (χ4n) is 1.40. The summed E-state index contributed by atoms with van der Waals surface area (Å²) in [5, 5.41) is 0. The number of hydrogen-bond donors (Lipinski definition) is 1. The molecule has 0 spiro atoms. The highest BCUT2D eigenvalue weighted by Crippen LogP contribution is 2.26. The van der Waals surface area contributed by atoms with Gasteiger partial charge in [-0.3, -0.25) is 0 Å². The first-order chi connectivity index (χ1) is 6.38. The highest BCUT2D eigenvalue weighted by molar-refractivity contribution is 5.76. The lowest BCUT2D eigenvalue weighted by Gasteiger charge is -2.27. The SMILES string of the molecule is CN1CCN(C(CN)C(F)(F)F)C1=O. The van der Waals surface area contributed by atoms with Crippen LogP contribution in [0.1, 0.15) is 0 Å². The maximum Gasteiger partial charge on any atom is 0.410 e. The van der Waals surface area contributed by atoms with Crippen LogP contribution in [-0.2, 0) is 0 Å². The van der Waals surface area contributed by atoms with Crippen LogP contribution in [0.4, 0.5) is 18.0 Å². The molecule has 2 N–H and O–H groups in total. The Morgan fingerprint density at radius 2 is 2.07 bits per heavy atom. The van der Waals surface area contributed by atoms with E-state index in [0.717, 1.165) is 4.90 Å². The molecule has 1 aliphatic heterocycles. The van der Waals surface area contributed by atoms with E-state index in [0.29, 0.717) is 6.54 Å². The molecule has 7 heteroatoms. The molecule has 1 unspecified atom stereocenters. The maximum atomic E-state index is 12.4. The molecule has 1 fully saturated rings. The predicted molar refractivity (Wildman–Crippen MR) is 43.6 cm³/mol. The highest BCUT2D eigenvalue weighted by Gasteiger charge is 2.46. The first kappa shape index (κ1) is 11.1. The molecule has 1 rings (SSSR count). The second-order valence-corrected chi connectivity index (χ2v) is 3.19. The number of rotatable bonds is 2. The Kier molecular flexibility index (Phi) is 2.89. The van der Waals surface area contributed by atoms with Crippen molar-refractivity contribution in [3.05, 3.63) is 0 Å². The summed E-state index contributed by atoms with van der Waals surface area (Å²) >= 11 is 0. The molecular formula is C7H12F3N3O. The van der Waals surface area contributed by atoms with Crippen LogP contribution < -0.4 is 5.73 Å². The molecule has 0 aliphatic carbocycles. The normalized spacial score (nSPS) is 20.5. The van der Waals surface area contributed by atoms with Crippen LogP contribution in [0.2, 0.25) is 0 Å². The number of carbonyl (C=O) groups excluding carboxylic acids is 1. The van der Waals surface area contributed by atoms with Crippen LogP contribution in [0, 0.1) is 0 Å². The van der Waals surface area contributed by atoms with E-state index in [1.54, 1.807) is 0 Å². The van der Waals surface area contributed by atoms with Crippen LogP contribution in [0.5, 0.6) is 0 Å². The van der Waals surface area contributed by atoms with Crippen LogP contribution >= 0.6 is 0 Å². The van der Waals surface area contributed by atoms with Gasteiger partial charge >= 0.3 is 12.2 Å². The molecule has 1 saturated heterocycles. The Morgan fingerprint density at radius 3 is 2.36 bits per heavy atom. The molecule has 0 radical (unpaired) electrons. The Morgan fingerprint density at radius 1 is 1.50 bits per heavy atom. The highest BCUT2D eigenvalue weighted by atomic mass is 19.4. The summed E-state index contributed by atoms with van der Waals surface area (Å²) in [6.07, 6.45) is -4.45. The second kappa shape index (κ2) is 3.64. The van der Waals surface area contributed by atoms with Crippen molar-refractivity contribution < 1.29 is 18.0 Å². The predicted octanol–water partition coefficient (Wildman–Crippen LogP) is 0.243. The van der Waals surface area contributed by atoms with Gasteiger partial charge in [-0.1, -0.05) is 0 Å². The number of likely N-dealkylation sites (N-methyl/N-ethyl adjacent to an activating group) is 1. The first-order valence-corrected chi connectivity index (χ1v) is 4.16. The van der Waals surface area contributed by atoms with E-state index in [4.69, 9.17) is 5.73 Å². The molecule has 1 heterocycles. The average molecular weight is 211 g/mol. The molecule has 1 atom stereocenters. The van der Waals surface area contributed by atoms with Crippen molar-refractivity contribution >= 4 is 6.03 Å². The van der Waals surface area contributed by atoms with Gasteiger partial charge in [-0.2, -0.15) is 13.2 Å². The standard InChI is InChI=1S/C7H12F3N3O/c1-12-2-3-13(6(12)14)5(4-11)7(8,9)10/h5H,2-4,11H2,1H3. The third kappa shape index (κ3) is 1.92. The van der Waals surface area contributed by atoms with Crippen molar-refractivity contribution in [2.24, 2.45) is 5.73 Å². The Balaban J connectivity index is 2.77. The van der Waals surface area contributed by atoms with Gasteiger partial charge in [0, 0.05) is 26.7 Å². The van der Waals surface area contributed by atoms with Crippen molar-refractivity contribution in [2.45, 2.75) is 12.2 Å². The van der Waals surface area contributed by atoms with Gasteiger partial charge in [0.1, 0.15) is 6.04 Å². The average Bonchev–Trinajstić information content (AvgIpc) is 2.35. The third-order valence-electron chi connectivity index (χ3n) is 2.23. The smallest absolute Gasteiger partial charge is 0.328 e. The fourth-order valence-corrected chi connectivity index (χ4v) is 1.40. The van der Waals surface area contributed by atoms with Gasteiger partial charge in [-0.15, -0.1) is 0 Å². The van der Waals surface area contributed by atoms with E-state index in [1.165, 1.54) is 11.9 Å². The van der Waals surface area contributed by atoms with Crippen molar-refractivity contribution in [1.82, 2.24) is 9.80 Å². The summed E-state index contributed by atoms with van der Waals surface area (Å²) in [5.74, 6) is 0.